The Kier molecular flexibility index (Phi) is 3.51. The summed E-state index contributed by atoms with van der Waals surface area (Å²) in [5.74, 6) is 0.825. The van der Waals surface area contributed by atoms with Crippen molar-refractivity contribution in [3.63, 3.8) is 0 Å². The molecule has 0 radical (unpaired) electrons. The molecule has 0 atom stereocenters. The molecule has 0 amide bonds. The number of rotatable bonds is 5. The molecule has 0 unspecified atom stereocenters. The van der Waals surface area contributed by atoms with E-state index in [0.717, 1.165) is 0 Å². The van der Waals surface area contributed by atoms with Gasteiger partial charge in [-0.3, -0.25) is 10.1 Å². The Balaban J connectivity index is 2.41. The summed E-state index contributed by atoms with van der Waals surface area (Å²) in [5, 5.41) is 14.6. The molecular weight excluding hydrogens is 272 g/mol. The summed E-state index contributed by atoms with van der Waals surface area (Å²) in [4.78, 5) is 10.9. The van der Waals surface area contributed by atoms with Crippen LogP contribution in [0.3, 0.4) is 0 Å². The van der Waals surface area contributed by atoms with Gasteiger partial charge in [-0.25, -0.2) is 0 Å². The van der Waals surface area contributed by atoms with Crippen LogP contribution in [0.2, 0.25) is 0 Å². The lowest BCUT2D eigenvalue weighted by Crippen LogP contribution is -2.12. The van der Waals surface area contributed by atoms with Gasteiger partial charge >= 0.3 is 0 Å². The van der Waals surface area contributed by atoms with Crippen LogP contribution in [0.1, 0.15) is 27.7 Å². The summed E-state index contributed by atoms with van der Waals surface area (Å²) in [6.07, 6.45) is 0. The maximum Gasteiger partial charge on any atom is 0.296 e. The van der Waals surface area contributed by atoms with Crippen molar-refractivity contribution in [1.82, 2.24) is 0 Å². The summed E-state index contributed by atoms with van der Waals surface area (Å²) in [5.41, 5.74) is 0.606. The maximum absolute atomic E-state index is 11.3. The first-order valence-electron chi connectivity index (χ1n) is 6.83. The van der Waals surface area contributed by atoms with Crippen molar-refractivity contribution in [2.75, 3.05) is 19.5 Å². The molecule has 1 saturated carbocycles. The third-order valence-corrected chi connectivity index (χ3v) is 5.02. The van der Waals surface area contributed by atoms with Crippen LogP contribution in [0.25, 0.3) is 0 Å². The van der Waals surface area contributed by atoms with Crippen LogP contribution in [0.15, 0.2) is 12.1 Å². The van der Waals surface area contributed by atoms with Crippen molar-refractivity contribution in [3.8, 4) is 11.5 Å². The Bertz CT molecular complexity index is 567. The minimum Gasteiger partial charge on any atom is -0.493 e. The molecule has 1 N–H and O–H groups in total. The molecule has 0 aromatic heterocycles. The molecule has 6 nitrogen and oxygen atoms in total. The predicted molar refractivity (Wildman–Crippen MR) is 81.2 cm³/mol. The third-order valence-electron chi connectivity index (χ3n) is 5.02. The monoisotopic (exact) mass is 294 g/mol. The van der Waals surface area contributed by atoms with Gasteiger partial charge in [-0.2, -0.15) is 0 Å². The van der Waals surface area contributed by atoms with Crippen molar-refractivity contribution < 1.29 is 14.4 Å². The summed E-state index contributed by atoms with van der Waals surface area (Å²) in [6, 6.07) is 3.19. The fourth-order valence-corrected chi connectivity index (χ4v) is 2.85. The van der Waals surface area contributed by atoms with E-state index in [-0.39, 0.29) is 22.6 Å². The minimum atomic E-state index is -0.410. The van der Waals surface area contributed by atoms with Gasteiger partial charge in [0.05, 0.1) is 25.2 Å². The van der Waals surface area contributed by atoms with E-state index >= 15 is 0 Å². The molecular formula is C15H22N2O4. The Labute approximate surface area is 124 Å². The molecule has 0 heterocycles. The van der Waals surface area contributed by atoms with E-state index in [1.807, 2.05) is 0 Å². The lowest BCUT2D eigenvalue weighted by Gasteiger charge is -2.13. The lowest BCUT2D eigenvalue weighted by atomic mass is 10.0. The van der Waals surface area contributed by atoms with Gasteiger partial charge in [-0.05, 0) is 10.8 Å². The topological polar surface area (TPSA) is 73.6 Å². The van der Waals surface area contributed by atoms with Gasteiger partial charge in [-0.15, -0.1) is 0 Å². The minimum absolute atomic E-state index is 0.00819. The normalized spacial score (nSPS) is 19.0. The van der Waals surface area contributed by atoms with Gasteiger partial charge < -0.3 is 14.8 Å². The van der Waals surface area contributed by atoms with E-state index in [1.165, 1.54) is 20.3 Å². The number of hydrogen-bond acceptors (Lipinski definition) is 5. The fraction of sp³-hybridized carbons (Fsp3) is 0.600. The van der Waals surface area contributed by atoms with E-state index in [1.54, 1.807) is 6.07 Å². The Morgan fingerprint density at radius 3 is 1.95 bits per heavy atom. The summed E-state index contributed by atoms with van der Waals surface area (Å²) in [6.45, 7) is 8.60. The van der Waals surface area contributed by atoms with Gasteiger partial charge in [-0.1, -0.05) is 27.7 Å². The number of nitrogens with zero attached hydrogens (tertiary/aromatic N) is 1. The Hall–Kier alpha value is -1.98. The van der Waals surface area contributed by atoms with Crippen LogP contribution >= 0.6 is 0 Å². The van der Waals surface area contributed by atoms with Crippen LogP contribution in [0.4, 0.5) is 11.4 Å². The number of methoxy groups -OCH3 is 2. The maximum atomic E-state index is 11.3. The highest BCUT2D eigenvalue weighted by Crippen LogP contribution is 2.64. The van der Waals surface area contributed by atoms with Crippen LogP contribution in [0, 0.1) is 20.9 Å². The summed E-state index contributed by atoms with van der Waals surface area (Å²) in [7, 11) is 2.97. The molecule has 21 heavy (non-hydrogen) atoms. The number of hydrogen-bond donors (Lipinski definition) is 1. The SMILES string of the molecule is COc1cc(NC2C(C)(C)C2(C)C)c([N+](=O)[O-])cc1OC. The molecule has 0 spiro atoms. The summed E-state index contributed by atoms with van der Waals surface area (Å²) >= 11 is 0. The largest absolute Gasteiger partial charge is 0.493 e. The molecule has 1 aliphatic rings. The zero-order chi connectivity index (χ0) is 16.0. The standard InChI is InChI=1S/C15H22N2O4/c1-14(2)13(15(14,3)4)16-9-7-11(20-5)12(21-6)8-10(9)17(18)19/h7-8,13,16H,1-6H3. The average Bonchev–Trinajstić information content (AvgIpc) is 2.80. The van der Waals surface area contributed by atoms with Gasteiger partial charge in [0.25, 0.3) is 5.69 Å². The van der Waals surface area contributed by atoms with Crippen LogP contribution in [0.5, 0.6) is 11.5 Å². The number of nitrogens with one attached hydrogen (secondary N) is 1. The van der Waals surface area contributed by atoms with E-state index in [9.17, 15) is 10.1 Å². The van der Waals surface area contributed by atoms with Crippen molar-refractivity contribution in [1.29, 1.82) is 0 Å². The predicted octanol–water partition coefficient (Wildman–Crippen LogP) is 3.46. The molecule has 1 aromatic rings. The second-order valence-electron chi connectivity index (χ2n) is 6.50. The Morgan fingerprint density at radius 2 is 1.57 bits per heavy atom. The van der Waals surface area contributed by atoms with E-state index in [2.05, 4.69) is 33.0 Å². The highest BCUT2D eigenvalue weighted by atomic mass is 16.6. The second kappa shape index (κ2) is 4.79. The van der Waals surface area contributed by atoms with E-state index in [4.69, 9.17) is 9.47 Å². The number of benzene rings is 1. The molecule has 1 aliphatic carbocycles. The van der Waals surface area contributed by atoms with Crippen molar-refractivity contribution >= 4 is 11.4 Å². The van der Waals surface area contributed by atoms with Crippen molar-refractivity contribution in [3.05, 3.63) is 22.2 Å². The third kappa shape index (κ3) is 2.28. The van der Waals surface area contributed by atoms with Gasteiger partial charge in [0.2, 0.25) is 0 Å². The van der Waals surface area contributed by atoms with Crippen molar-refractivity contribution in [2.24, 2.45) is 10.8 Å². The van der Waals surface area contributed by atoms with Gasteiger partial charge in [0, 0.05) is 12.1 Å². The molecule has 0 saturated heterocycles. The zero-order valence-electron chi connectivity index (χ0n) is 13.3. The molecule has 0 aliphatic heterocycles. The molecule has 116 valence electrons. The lowest BCUT2D eigenvalue weighted by molar-refractivity contribution is -0.384. The number of nitro groups is 1. The number of anilines is 1. The smallest absolute Gasteiger partial charge is 0.296 e. The molecule has 2 rings (SSSR count). The van der Waals surface area contributed by atoms with Gasteiger partial charge in [0.1, 0.15) is 5.69 Å². The quantitative estimate of drug-likeness (QED) is 0.665. The highest BCUT2D eigenvalue weighted by Gasteiger charge is 2.65. The number of nitro benzene ring substituents is 1. The number of ether oxygens (including phenoxy) is 2. The van der Waals surface area contributed by atoms with E-state index < -0.39 is 4.92 Å². The van der Waals surface area contributed by atoms with E-state index in [0.29, 0.717) is 17.2 Å². The van der Waals surface area contributed by atoms with Crippen LogP contribution in [-0.2, 0) is 0 Å². The fourth-order valence-electron chi connectivity index (χ4n) is 2.85. The van der Waals surface area contributed by atoms with Gasteiger partial charge in [0.15, 0.2) is 11.5 Å². The first-order chi connectivity index (χ1) is 9.66. The average molecular weight is 294 g/mol. The first-order valence-corrected chi connectivity index (χ1v) is 6.83. The molecule has 0 bridgehead atoms. The molecule has 1 fully saturated rings. The Morgan fingerprint density at radius 1 is 1.10 bits per heavy atom. The zero-order valence-corrected chi connectivity index (χ0v) is 13.3. The molecule has 6 heteroatoms. The molecule has 1 aromatic carbocycles. The van der Waals surface area contributed by atoms with Crippen LogP contribution in [-0.4, -0.2) is 25.2 Å². The summed E-state index contributed by atoms with van der Waals surface area (Å²) < 4.78 is 10.4. The second-order valence-corrected chi connectivity index (χ2v) is 6.50. The van der Waals surface area contributed by atoms with Crippen LogP contribution < -0.4 is 14.8 Å². The van der Waals surface area contributed by atoms with Crippen molar-refractivity contribution in [2.45, 2.75) is 33.7 Å². The first kappa shape index (κ1) is 15.4. The highest BCUT2D eigenvalue weighted by molar-refractivity contribution is 5.69.